The Balaban J connectivity index is 2.42. The van der Waals surface area contributed by atoms with Crippen LogP contribution in [0.4, 0.5) is 0 Å². The molecule has 1 rings (SSSR count). The maximum atomic E-state index is 6.02. The maximum Gasteiger partial charge on any atom is 0.461 e. The SMILES string of the molecule is CC[O][Al]1[CH2][C@@H](CCC(C)C)[C@H](CCC(C)C)[CH2]1. The summed E-state index contributed by atoms with van der Waals surface area (Å²) in [5, 5.41) is 2.92. The molecule has 0 bridgehead atoms. The summed E-state index contributed by atoms with van der Waals surface area (Å²) >= 11 is -0.823. The van der Waals surface area contributed by atoms with Gasteiger partial charge in [0.25, 0.3) is 0 Å². The van der Waals surface area contributed by atoms with Crippen molar-refractivity contribution in [1.82, 2.24) is 0 Å². The van der Waals surface area contributed by atoms with Gasteiger partial charge in [-0.25, -0.2) is 0 Å². The van der Waals surface area contributed by atoms with Gasteiger partial charge in [-0.05, 0) is 30.6 Å². The van der Waals surface area contributed by atoms with Gasteiger partial charge in [-0.3, -0.25) is 0 Å². The van der Waals surface area contributed by atoms with Gasteiger partial charge in [0.05, 0.1) is 0 Å². The molecule has 0 unspecified atom stereocenters. The lowest BCUT2D eigenvalue weighted by Crippen LogP contribution is -2.13. The fourth-order valence-electron chi connectivity index (χ4n) is 3.33. The third kappa shape index (κ3) is 6.09. The third-order valence-electron chi connectivity index (χ3n) is 4.43. The van der Waals surface area contributed by atoms with E-state index in [4.69, 9.17) is 3.79 Å². The molecule has 0 aromatic rings. The van der Waals surface area contributed by atoms with Gasteiger partial charge in [0.1, 0.15) is 0 Å². The molecule has 0 spiro atoms. The first-order valence-electron chi connectivity index (χ1n) is 8.14. The highest BCUT2D eigenvalue weighted by Gasteiger charge is 2.39. The minimum Gasteiger partial charge on any atom is -0.501 e. The van der Waals surface area contributed by atoms with E-state index < -0.39 is 14.5 Å². The van der Waals surface area contributed by atoms with Crippen LogP contribution in [0.1, 0.15) is 60.3 Å². The fourth-order valence-corrected chi connectivity index (χ4v) is 6.86. The first kappa shape index (κ1) is 16.5. The summed E-state index contributed by atoms with van der Waals surface area (Å²) in [7, 11) is 0. The molecule has 1 saturated heterocycles. The van der Waals surface area contributed by atoms with E-state index in [0.717, 1.165) is 30.3 Å². The minimum absolute atomic E-state index is 0.823. The monoisotopic (exact) mass is 268 g/mol. The molecule has 0 N–H and O–H groups in total. The maximum absolute atomic E-state index is 6.02. The average Bonchev–Trinajstić information content (AvgIpc) is 2.66. The Labute approximate surface area is 119 Å². The zero-order valence-corrected chi connectivity index (χ0v) is 14.4. The van der Waals surface area contributed by atoms with Crippen molar-refractivity contribution in [3.05, 3.63) is 0 Å². The normalized spacial score (nSPS) is 24.5. The molecule has 2 atom stereocenters. The molecule has 106 valence electrons. The van der Waals surface area contributed by atoms with Crippen LogP contribution in [0.5, 0.6) is 0 Å². The van der Waals surface area contributed by atoms with Crippen LogP contribution in [-0.2, 0) is 3.79 Å². The van der Waals surface area contributed by atoms with Crippen LogP contribution < -0.4 is 0 Å². The first-order valence-corrected chi connectivity index (χ1v) is 10.2. The third-order valence-corrected chi connectivity index (χ3v) is 7.50. The van der Waals surface area contributed by atoms with Crippen LogP contribution in [0.15, 0.2) is 0 Å². The Kier molecular flexibility index (Phi) is 7.93. The molecular weight excluding hydrogens is 235 g/mol. The van der Waals surface area contributed by atoms with E-state index in [-0.39, 0.29) is 0 Å². The molecule has 1 aliphatic rings. The van der Waals surface area contributed by atoms with Crippen LogP contribution in [0.25, 0.3) is 0 Å². The van der Waals surface area contributed by atoms with E-state index >= 15 is 0 Å². The van der Waals surface area contributed by atoms with Gasteiger partial charge in [0.15, 0.2) is 0 Å². The van der Waals surface area contributed by atoms with Gasteiger partial charge in [0.2, 0.25) is 0 Å². The summed E-state index contributed by atoms with van der Waals surface area (Å²) in [6.45, 7) is 12.5. The molecule has 1 nitrogen and oxygen atoms in total. The van der Waals surface area contributed by atoms with E-state index in [0.29, 0.717) is 0 Å². The lowest BCUT2D eigenvalue weighted by Gasteiger charge is -2.21. The molecule has 0 radical (unpaired) electrons. The molecule has 0 aromatic heterocycles. The Morgan fingerprint density at radius 2 is 1.39 bits per heavy atom. The molecule has 2 heteroatoms. The second-order valence-electron chi connectivity index (χ2n) is 7.01. The average molecular weight is 268 g/mol. The largest absolute Gasteiger partial charge is 0.501 e. The van der Waals surface area contributed by atoms with E-state index in [2.05, 4.69) is 34.6 Å². The predicted octanol–water partition coefficient (Wildman–Crippen LogP) is 5.13. The molecule has 1 heterocycles. The quantitative estimate of drug-likeness (QED) is 0.554. The van der Waals surface area contributed by atoms with Crippen LogP contribution in [0.3, 0.4) is 0 Å². The summed E-state index contributed by atoms with van der Waals surface area (Å²) in [6.07, 6.45) is 5.74. The van der Waals surface area contributed by atoms with Crippen LogP contribution in [0.2, 0.25) is 10.6 Å². The summed E-state index contributed by atoms with van der Waals surface area (Å²) in [5.74, 6) is 3.72. The van der Waals surface area contributed by atoms with Crippen molar-refractivity contribution in [3.63, 3.8) is 0 Å². The Morgan fingerprint density at radius 3 is 1.72 bits per heavy atom. The highest BCUT2D eigenvalue weighted by Crippen LogP contribution is 2.40. The van der Waals surface area contributed by atoms with Crippen LogP contribution >= 0.6 is 0 Å². The lowest BCUT2D eigenvalue weighted by molar-refractivity contribution is 0.320. The lowest BCUT2D eigenvalue weighted by atomic mass is 9.85. The topological polar surface area (TPSA) is 9.23 Å². The molecule has 18 heavy (non-hydrogen) atoms. The Bertz CT molecular complexity index is 195. The molecule has 0 amide bonds. The van der Waals surface area contributed by atoms with Crippen LogP contribution in [0, 0.1) is 23.7 Å². The molecule has 0 aromatic carbocycles. The molecule has 0 saturated carbocycles. The van der Waals surface area contributed by atoms with Gasteiger partial charge in [-0.1, -0.05) is 63.9 Å². The highest BCUT2D eigenvalue weighted by atomic mass is 27.2. The van der Waals surface area contributed by atoms with Gasteiger partial charge >= 0.3 is 14.5 Å². The van der Waals surface area contributed by atoms with E-state index in [1.54, 1.807) is 0 Å². The van der Waals surface area contributed by atoms with Crippen molar-refractivity contribution in [2.45, 2.75) is 70.9 Å². The Morgan fingerprint density at radius 1 is 0.944 bits per heavy atom. The predicted molar refractivity (Wildman–Crippen MR) is 82.1 cm³/mol. The van der Waals surface area contributed by atoms with E-state index in [1.165, 1.54) is 36.2 Å². The number of rotatable bonds is 8. The van der Waals surface area contributed by atoms with Crippen molar-refractivity contribution >= 4 is 14.5 Å². The minimum atomic E-state index is -0.823. The highest BCUT2D eigenvalue weighted by molar-refractivity contribution is 6.52. The van der Waals surface area contributed by atoms with Gasteiger partial charge in [-0.15, -0.1) is 0 Å². The first-order chi connectivity index (χ1) is 8.52. The zero-order valence-electron chi connectivity index (χ0n) is 13.2. The zero-order chi connectivity index (χ0) is 13.5. The standard InChI is InChI=1S/C14H28.C2H5O.Al/c1-11(2)7-9-13(5)14(6)10-8-12(3)4;1-2-3;/h11-14H,5-10H2,1-4H3;2H2,1H3;/q;-1;+1/t13-,14-;;/m0../s1. The molecular formula is C16H33AlO. The summed E-state index contributed by atoms with van der Waals surface area (Å²) < 4.78 is 6.02. The number of hydrogen-bond donors (Lipinski definition) is 0. The second-order valence-corrected chi connectivity index (χ2v) is 9.53. The van der Waals surface area contributed by atoms with E-state index in [9.17, 15) is 0 Å². The number of hydrogen-bond acceptors (Lipinski definition) is 1. The van der Waals surface area contributed by atoms with Gasteiger partial charge in [-0.2, -0.15) is 0 Å². The summed E-state index contributed by atoms with van der Waals surface area (Å²) in [4.78, 5) is 0. The molecule has 0 aliphatic carbocycles. The fraction of sp³-hybridized carbons (Fsp3) is 1.00. The van der Waals surface area contributed by atoms with Gasteiger partial charge in [0, 0.05) is 6.61 Å². The van der Waals surface area contributed by atoms with Crippen molar-refractivity contribution in [2.24, 2.45) is 23.7 Å². The summed E-state index contributed by atoms with van der Waals surface area (Å²) in [6, 6.07) is 0. The van der Waals surface area contributed by atoms with Crippen molar-refractivity contribution in [2.75, 3.05) is 6.61 Å². The van der Waals surface area contributed by atoms with Crippen LogP contribution in [-0.4, -0.2) is 21.1 Å². The smallest absolute Gasteiger partial charge is 0.461 e. The second kappa shape index (κ2) is 8.62. The van der Waals surface area contributed by atoms with E-state index in [1.807, 2.05) is 0 Å². The van der Waals surface area contributed by atoms with Gasteiger partial charge < -0.3 is 3.79 Å². The van der Waals surface area contributed by atoms with Crippen molar-refractivity contribution in [1.29, 1.82) is 0 Å². The molecule has 1 aliphatic heterocycles. The summed E-state index contributed by atoms with van der Waals surface area (Å²) in [5.41, 5.74) is 0. The Hall–Kier alpha value is 0.492. The van der Waals surface area contributed by atoms with Crippen molar-refractivity contribution < 1.29 is 3.79 Å². The molecule has 1 fully saturated rings. The van der Waals surface area contributed by atoms with Crippen molar-refractivity contribution in [3.8, 4) is 0 Å².